The fraction of sp³-hybridized carbons (Fsp3) is 0.556. The summed E-state index contributed by atoms with van der Waals surface area (Å²) in [4.78, 5) is 0. The van der Waals surface area contributed by atoms with Gasteiger partial charge < -0.3 is 0 Å². The second-order valence-corrected chi connectivity index (χ2v) is 3.92. The second-order valence-electron chi connectivity index (χ2n) is 2.37. The molecule has 0 rings (SSSR count). The molecule has 0 saturated heterocycles. The Morgan fingerprint density at radius 2 is 2.15 bits per heavy atom. The quantitative estimate of drug-likeness (QED) is 0.374. The highest BCUT2D eigenvalue weighted by atomic mass is 32.2. The van der Waals surface area contributed by atoms with Crippen molar-refractivity contribution in [1.82, 2.24) is 0 Å². The molecule has 0 fully saturated rings. The lowest BCUT2D eigenvalue weighted by molar-refractivity contribution is 0.315. The van der Waals surface area contributed by atoms with Gasteiger partial charge in [-0.2, -0.15) is 8.42 Å². The number of rotatable bonds is 6. The standard InChI is InChI=1S/C9H14O3S/c1-3-5-6-7-8-9-12-13(10,11)4-2/h4H,2,6-9H2,1H3. The van der Waals surface area contributed by atoms with Crippen LogP contribution in [0.2, 0.25) is 0 Å². The minimum absolute atomic E-state index is 0.208. The van der Waals surface area contributed by atoms with Crippen molar-refractivity contribution >= 4 is 10.1 Å². The van der Waals surface area contributed by atoms with Gasteiger partial charge in [0.05, 0.1) is 12.0 Å². The van der Waals surface area contributed by atoms with E-state index < -0.39 is 10.1 Å². The lowest BCUT2D eigenvalue weighted by Gasteiger charge is -1.98. The maximum absolute atomic E-state index is 10.7. The summed E-state index contributed by atoms with van der Waals surface area (Å²) in [5, 5.41) is 0.804. The predicted octanol–water partition coefficient (Wildman–Crippen LogP) is 1.67. The van der Waals surface area contributed by atoms with Crippen LogP contribution in [0.1, 0.15) is 26.2 Å². The summed E-state index contributed by atoms with van der Waals surface area (Å²) >= 11 is 0. The van der Waals surface area contributed by atoms with Crippen molar-refractivity contribution in [2.24, 2.45) is 0 Å². The van der Waals surface area contributed by atoms with Gasteiger partial charge in [0.25, 0.3) is 10.1 Å². The molecule has 0 aromatic carbocycles. The second kappa shape index (κ2) is 6.70. The van der Waals surface area contributed by atoms with Crippen LogP contribution < -0.4 is 0 Å². The molecule has 0 radical (unpaired) electrons. The molecular formula is C9H14O3S. The van der Waals surface area contributed by atoms with E-state index in [1.165, 1.54) is 0 Å². The zero-order valence-corrected chi connectivity index (χ0v) is 8.56. The molecule has 0 N–H and O–H groups in total. The highest BCUT2D eigenvalue weighted by Gasteiger charge is 2.02. The third-order valence-corrected chi connectivity index (χ3v) is 2.23. The zero-order chi connectivity index (χ0) is 10.2. The summed E-state index contributed by atoms with van der Waals surface area (Å²) in [7, 11) is -3.48. The van der Waals surface area contributed by atoms with E-state index >= 15 is 0 Å². The molecule has 0 aromatic rings. The predicted molar refractivity (Wildman–Crippen MR) is 52.4 cm³/mol. The molecule has 74 valence electrons. The monoisotopic (exact) mass is 202 g/mol. The Bertz CT molecular complexity index is 293. The maximum Gasteiger partial charge on any atom is 0.289 e. The van der Waals surface area contributed by atoms with Crippen LogP contribution in [0.25, 0.3) is 0 Å². The molecule has 0 bridgehead atoms. The molecule has 0 aliphatic rings. The molecule has 13 heavy (non-hydrogen) atoms. The van der Waals surface area contributed by atoms with Crippen molar-refractivity contribution in [1.29, 1.82) is 0 Å². The highest BCUT2D eigenvalue weighted by Crippen LogP contribution is 1.99. The van der Waals surface area contributed by atoms with Crippen LogP contribution in [0, 0.1) is 11.8 Å². The molecule has 4 heteroatoms. The Labute approximate surface area is 79.9 Å². The summed E-state index contributed by atoms with van der Waals surface area (Å²) in [5.74, 6) is 5.65. The van der Waals surface area contributed by atoms with Crippen LogP contribution in [0.5, 0.6) is 0 Å². The van der Waals surface area contributed by atoms with Crippen molar-refractivity contribution < 1.29 is 12.6 Å². The summed E-state index contributed by atoms with van der Waals surface area (Å²) in [6, 6.07) is 0. The Kier molecular flexibility index (Phi) is 6.29. The maximum atomic E-state index is 10.7. The first kappa shape index (κ1) is 12.2. The molecule has 3 nitrogen and oxygen atoms in total. The molecule has 0 unspecified atom stereocenters. The first-order valence-electron chi connectivity index (χ1n) is 4.04. The van der Waals surface area contributed by atoms with Crippen molar-refractivity contribution in [2.75, 3.05) is 6.61 Å². The van der Waals surface area contributed by atoms with Gasteiger partial charge in [0.2, 0.25) is 0 Å². The minimum Gasteiger partial charge on any atom is -0.267 e. The first-order valence-corrected chi connectivity index (χ1v) is 5.51. The van der Waals surface area contributed by atoms with Crippen molar-refractivity contribution in [2.45, 2.75) is 26.2 Å². The molecule has 0 spiro atoms. The van der Waals surface area contributed by atoms with E-state index in [1.807, 2.05) is 0 Å². The Balaban J connectivity index is 3.45. The Hall–Kier alpha value is -0.790. The van der Waals surface area contributed by atoms with Crippen LogP contribution in [0.4, 0.5) is 0 Å². The lowest BCUT2D eigenvalue weighted by Crippen LogP contribution is -2.02. The van der Waals surface area contributed by atoms with Crippen LogP contribution in [0.3, 0.4) is 0 Å². The van der Waals surface area contributed by atoms with E-state index in [2.05, 4.69) is 22.6 Å². The van der Waals surface area contributed by atoms with E-state index in [0.717, 1.165) is 18.2 Å². The Morgan fingerprint density at radius 1 is 1.46 bits per heavy atom. The average Bonchev–Trinajstić information content (AvgIpc) is 2.11. The number of unbranched alkanes of at least 4 members (excludes halogenated alkanes) is 2. The largest absolute Gasteiger partial charge is 0.289 e. The van der Waals surface area contributed by atoms with Gasteiger partial charge in [-0.05, 0) is 19.8 Å². The van der Waals surface area contributed by atoms with Gasteiger partial charge in [-0.1, -0.05) is 6.58 Å². The summed E-state index contributed by atoms with van der Waals surface area (Å²) < 4.78 is 26.0. The molecule has 0 saturated carbocycles. The third kappa shape index (κ3) is 7.57. The zero-order valence-electron chi connectivity index (χ0n) is 7.75. The van der Waals surface area contributed by atoms with Gasteiger partial charge >= 0.3 is 0 Å². The van der Waals surface area contributed by atoms with Gasteiger partial charge in [0.15, 0.2) is 0 Å². The van der Waals surface area contributed by atoms with Gasteiger partial charge in [-0.25, -0.2) is 0 Å². The topological polar surface area (TPSA) is 43.4 Å². The van der Waals surface area contributed by atoms with Crippen LogP contribution in [-0.4, -0.2) is 15.0 Å². The summed E-state index contributed by atoms with van der Waals surface area (Å²) in [5.41, 5.74) is 0. The van der Waals surface area contributed by atoms with Gasteiger partial charge in [-0.3, -0.25) is 4.18 Å². The molecule has 0 aliphatic heterocycles. The molecule has 0 atom stereocenters. The van der Waals surface area contributed by atoms with E-state index in [-0.39, 0.29) is 6.61 Å². The average molecular weight is 202 g/mol. The number of hydrogen-bond donors (Lipinski definition) is 0. The lowest BCUT2D eigenvalue weighted by atomic mass is 10.2. The van der Waals surface area contributed by atoms with Crippen molar-refractivity contribution in [3.05, 3.63) is 12.0 Å². The van der Waals surface area contributed by atoms with E-state index in [1.54, 1.807) is 6.92 Å². The molecule has 0 aliphatic carbocycles. The van der Waals surface area contributed by atoms with Crippen LogP contribution in [-0.2, 0) is 14.3 Å². The minimum atomic E-state index is -3.48. The smallest absolute Gasteiger partial charge is 0.267 e. The fourth-order valence-corrected chi connectivity index (χ4v) is 1.11. The molecular weight excluding hydrogens is 188 g/mol. The molecule has 0 aromatic heterocycles. The van der Waals surface area contributed by atoms with Crippen LogP contribution >= 0.6 is 0 Å². The van der Waals surface area contributed by atoms with Gasteiger partial charge in [0.1, 0.15) is 0 Å². The van der Waals surface area contributed by atoms with Gasteiger partial charge in [0, 0.05) is 6.42 Å². The van der Waals surface area contributed by atoms with Crippen molar-refractivity contribution in [3.8, 4) is 11.8 Å². The van der Waals surface area contributed by atoms with Gasteiger partial charge in [-0.15, -0.1) is 11.8 Å². The molecule has 0 amide bonds. The SMILES string of the molecule is C=CS(=O)(=O)OCCCCC#CC. The third-order valence-electron chi connectivity index (χ3n) is 1.32. The highest BCUT2D eigenvalue weighted by molar-refractivity contribution is 7.89. The number of hydrogen-bond acceptors (Lipinski definition) is 3. The summed E-state index contributed by atoms with van der Waals surface area (Å²) in [6.45, 7) is 5.11. The normalized spacial score (nSPS) is 10.2. The molecule has 0 heterocycles. The van der Waals surface area contributed by atoms with E-state index in [0.29, 0.717) is 6.42 Å². The first-order chi connectivity index (χ1) is 6.12. The van der Waals surface area contributed by atoms with E-state index in [9.17, 15) is 8.42 Å². The summed E-state index contributed by atoms with van der Waals surface area (Å²) in [6.07, 6.45) is 2.34. The Morgan fingerprint density at radius 3 is 2.69 bits per heavy atom. The van der Waals surface area contributed by atoms with Crippen LogP contribution in [0.15, 0.2) is 12.0 Å². The van der Waals surface area contributed by atoms with E-state index in [4.69, 9.17) is 0 Å². The van der Waals surface area contributed by atoms with Crippen molar-refractivity contribution in [3.63, 3.8) is 0 Å². The fourth-order valence-electron chi connectivity index (χ4n) is 0.664.